The number of Topliss-reactive ketones (excluding diaryl/α,β-unsaturated/α-hetero) is 1. The zero-order valence-electron chi connectivity index (χ0n) is 16.8. The second-order valence-corrected chi connectivity index (χ2v) is 7.16. The standard InChI is InChI=1S/C24H23NO5/c1-29-21-11-12-22(30-2)24-23(21)19(15-3-7-17(26)8-4-15)13-25(24)14-20(28)16-5-9-18(27)10-6-16/h3-7,9-13,17,26-27H,8,14H2,1-2H3. The number of carbonyl (C=O) groups excluding carboxylic acids is 1. The Kier molecular flexibility index (Phi) is 5.33. The number of hydrogen-bond acceptors (Lipinski definition) is 5. The topological polar surface area (TPSA) is 80.9 Å². The lowest BCUT2D eigenvalue weighted by molar-refractivity contribution is 0.0973. The van der Waals surface area contributed by atoms with Crippen LogP contribution in [-0.2, 0) is 6.54 Å². The number of ether oxygens (including phenoxy) is 2. The highest BCUT2D eigenvalue weighted by Crippen LogP contribution is 2.40. The molecule has 0 fully saturated rings. The molecule has 2 N–H and O–H groups in total. The number of aromatic hydroxyl groups is 1. The third-order valence-corrected chi connectivity index (χ3v) is 5.28. The predicted molar refractivity (Wildman–Crippen MR) is 115 cm³/mol. The number of rotatable bonds is 6. The minimum Gasteiger partial charge on any atom is -0.508 e. The average molecular weight is 405 g/mol. The molecule has 0 saturated carbocycles. The summed E-state index contributed by atoms with van der Waals surface area (Å²) in [7, 11) is 3.20. The minimum absolute atomic E-state index is 0.0908. The van der Waals surface area contributed by atoms with Gasteiger partial charge in [-0.1, -0.05) is 18.2 Å². The van der Waals surface area contributed by atoms with Gasteiger partial charge in [-0.25, -0.2) is 0 Å². The minimum atomic E-state index is -0.491. The van der Waals surface area contributed by atoms with Crippen LogP contribution in [0, 0.1) is 0 Å². The molecule has 30 heavy (non-hydrogen) atoms. The van der Waals surface area contributed by atoms with Gasteiger partial charge < -0.3 is 24.3 Å². The third kappa shape index (κ3) is 3.57. The number of benzene rings is 2. The second kappa shape index (κ2) is 8.08. The molecule has 0 aliphatic heterocycles. The molecule has 6 nitrogen and oxygen atoms in total. The van der Waals surface area contributed by atoms with E-state index in [1.165, 1.54) is 12.1 Å². The molecule has 0 spiro atoms. The number of carbonyl (C=O) groups is 1. The van der Waals surface area contributed by atoms with Crippen LogP contribution >= 0.6 is 0 Å². The van der Waals surface area contributed by atoms with Crippen molar-refractivity contribution in [3.8, 4) is 17.2 Å². The SMILES string of the molecule is COc1ccc(OC)c2c1c(C1=CCC(O)C=C1)cn2CC(=O)c1ccc(O)cc1. The first-order valence-electron chi connectivity index (χ1n) is 9.64. The van der Waals surface area contributed by atoms with Crippen LogP contribution in [0.15, 0.2) is 60.8 Å². The summed E-state index contributed by atoms with van der Waals surface area (Å²) in [4.78, 5) is 12.9. The molecule has 1 aliphatic carbocycles. The first-order chi connectivity index (χ1) is 14.5. The molecule has 0 saturated heterocycles. The van der Waals surface area contributed by atoms with Crippen LogP contribution in [0.25, 0.3) is 16.5 Å². The van der Waals surface area contributed by atoms with Crippen LogP contribution < -0.4 is 9.47 Å². The van der Waals surface area contributed by atoms with Gasteiger partial charge in [-0.15, -0.1) is 0 Å². The lowest BCUT2D eigenvalue weighted by Crippen LogP contribution is -2.10. The van der Waals surface area contributed by atoms with Gasteiger partial charge in [-0.3, -0.25) is 4.79 Å². The number of allylic oxidation sites excluding steroid dienone is 2. The molecule has 0 amide bonds. The highest BCUT2D eigenvalue weighted by molar-refractivity contribution is 6.04. The molecule has 1 unspecified atom stereocenters. The summed E-state index contributed by atoms with van der Waals surface area (Å²) in [6, 6.07) is 9.88. The zero-order chi connectivity index (χ0) is 21.3. The van der Waals surface area contributed by atoms with Crippen LogP contribution in [-0.4, -0.2) is 40.9 Å². The van der Waals surface area contributed by atoms with Gasteiger partial charge in [0.1, 0.15) is 17.2 Å². The van der Waals surface area contributed by atoms with E-state index < -0.39 is 6.10 Å². The Morgan fingerprint density at radius 2 is 1.80 bits per heavy atom. The fourth-order valence-corrected chi connectivity index (χ4v) is 3.76. The highest BCUT2D eigenvalue weighted by atomic mass is 16.5. The fourth-order valence-electron chi connectivity index (χ4n) is 3.76. The third-order valence-electron chi connectivity index (χ3n) is 5.28. The van der Waals surface area contributed by atoms with Gasteiger partial charge in [-0.2, -0.15) is 0 Å². The molecule has 1 atom stereocenters. The van der Waals surface area contributed by atoms with E-state index in [1.54, 1.807) is 32.4 Å². The van der Waals surface area contributed by atoms with Gasteiger partial charge in [0, 0.05) is 17.3 Å². The summed E-state index contributed by atoms with van der Waals surface area (Å²) in [5.41, 5.74) is 3.13. The Labute approximate surface area is 174 Å². The molecule has 2 aromatic carbocycles. The van der Waals surface area contributed by atoms with E-state index >= 15 is 0 Å². The number of nitrogens with zero attached hydrogens (tertiary/aromatic N) is 1. The van der Waals surface area contributed by atoms with Crippen LogP contribution in [0.2, 0.25) is 0 Å². The van der Waals surface area contributed by atoms with Crippen LogP contribution in [0.3, 0.4) is 0 Å². The smallest absolute Gasteiger partial charge is 0.182 e. The van der Waals surface area contributed by atoms with E-state index in [0.29, 0.717) is 23.5 Å². The maximum Gasteiger partial charge on any atom is 0.182 e. The quantitative estimate of drug-likeness (QED) is 0.607. The first kappa shape index (κ1) is 19.8. The number of methoxy groups -OCH3 is 2. The summed E-state index contributed by atoms with van der Waals surface area (Å²) in [5, 5.41) is 20.1. The maximum absolute atomic E-state index is 12.9. The van der Waals surface area contributed by atoms with E-state index in [-0.39, 0.29) is 18.1 Å². The van der Waals surface area contributed by atoms with Crippen LogP contribution in [0.4, 0.5) is 0 Å². The number of hydrogen-bond donors (Lipinski definition) is 2. The predicted octanol–water partition coefficient (Wildman–Crippen LogP) is 3.95. The van der Waals surface area contributed by atoms with E-state index in [1.807, 2.05) is 35.0 Å². The maximum atomic E-state index is 12.9. The summed E-state index contributed by atoms with van der Waals surface area (Å²) >= 11 is 0. The Morgan fingerprint density at radius 1 is 1.10 bits per heavy atom. The second-order valence-electron chi connectivity index (χ2n) is 7.16. The molecule has 4 rings (SSSR count). The molecule has 0 radical (unpaired) electrons. The monoisotopic (exact) mass is 405 g/mol. The van der Waals surface area contributed by atoms with Crippen LogP contribution in [0.1, 0.15) is 22.3 Å². The molecule has 1 aliphatic rings. The van der Waals surface area contributed by atoms with Crippen molar-refractivity contribution >= 4 is 22.3 Å². The van der Waals surface area contributed by atoms with Crippen molar-refractivity contribution in [2.45, 2.75) is 19.1 Å². The van der Waals surface area contributed by atoms with Crippen LogP contribution in [0.5, 0.6) is 17.2 Å². The number of aliphatic hydroxyl groups excluding tert-OH is 1. The Morgan fingerprint density at radius 3 is 2.43 bits per heavy atom. The highest BCUT2D eigenvalue weighted by Gasteiger charge is 2.21. The number of ketones is 1. The van der Waals surface area contributed by atoms with Gasteiger partial charge in [-0.05, 0) is 48.4 Å². The Bertz CT molecular complexity index is 1150. The van der Waals surface area contributed by atoms with E-state index in [0.717, 1.165) is 22.0 Å². The number of phenols is 1. The van der Waals surface area contributed by atoms with Gasteiger partial charge in [0.25, 0.3) is 0 Å². The summed E-state index contributed by atoms with van der Waals surface area (Å²) in [6.45, 7) is 0.102. The lowest BCUT2D eigenvalue weighted by atomic mass is 9.97. The van der Waals surface area contributed by atoms with Gasteiger partial charge >= 0.3 is 0 Å². The summed E-state index contributed by atoms with van der Waals surface area (Å²) < 4.78 is 13.1. The molecule has 3 aromatic rings. The largest absolute Gasteiger partial charge is 0.508 e. The molecule has 6 heteroatoms. The number of aliphatic hydroxyl groups is 1. The van der Waals surface area contributed by atoms with E-state index in [9.17, 15) is 15.0 Å². The van der Waals surface area contributed by atoms with Crippen molar-refractivity contribution in [1.29, 1.82) is 0 Å². The lowest BCUT2D eigenvalue weighted by Gasteiger charge is -2.12. The van der Waals surface area contributed by atoms with Crippen molar-refractivity contribution in [2.75, 3.05) is 14.2 Å². The van der Waals surface area contributed by atoms with E-state index in [2.05, 4.69) is 0 Å². The van der Waals surface area contributed by atoms with Crippen molar-refractivity contribution in [3.63, 3.8) is 0 Å². The van der Waals surface area contributed by atoms with Crippen molar-refractivity contribution in [1.82, 2.24) is 4.57 Å². The Hall–Kier alpha value is -3.51. The zero-order valence-corrected chi connectivity index (χ0v) is 16.8. The first-order valence-corrected chi connectivity index (χ1v) is 9.64. The summed E-state index contributed by atoms with van der Waals surface area (Å²) in [5.74, 6) is 1.34. The molecule has 0 bridgehead atoms. The van der Waals surface area contributed by atoms with E-state index in [4.69, 9.17) is 9.47 Å². The number of fused-ring (bicyclic) bond motifs is 1. The summed E-state index contributed by atoms with van der Waals surface area (Å²) in [6.07, 6.45) is 7.57. The molecule has 154 valence electrons. The molecular weight excluding hydrogens is 382 g/mol. The van der Waals surface area contributed by atoms with Gasteiger partial charge in [0.15, 0.2) is 5.78 Å². The average Bonchev–Trinajstić information content (AvgIpc) is 3.13. The van der Waals surface area contributed by atoms with Crippen molar-refractivity contribution in [3.05, 3.63) is 72.0 Å². The number of aromatic nitrogens is 1. The normalized spacial score (nSPS) is 15.8. The molecule has 1 heterocycles. The van der Waals surface area contributed by atoms with Gasteiger partial charge in [0.05, 0.1) is 37.8 Å². The number of phenolic OH excluding ortho intramolecular Hbond substituents is 1. The molecule has 1 aromatic heterocycles. The van der Waals surface area contributed by atoms with Crippen molar-refractivity contribution in [2.24, 2.45) is 0 Å². The van der Waals surface area contributed by atoms with Crippen molar-refractivity contribution < 1.29 is 24.5 Å². The Balaban J connectivity index is 1.86. The molecular formula is C24H23NO5. The van der Waals surface area contributed by atoms with Gasteiger partial charge in [0.2, 0.25) is 0 Å². The fraction of sp³-hybridized carbons (Fsp3) is 0.208.